The van der Waals surface area contributed by atoms with Gasteiger partial charge in [-0.05, 0) is 31.6 Å². The predicted molar refractivity (Wildman–Crippen MR) is 391 cm³/mol. The van der Waals surface area contributed by atoms with Crippen molar-refractivity contribution in [1.29, 1.82) is 0 Å². The fraction of sp³-hybridized carbons (Fsp3) is 0.948. The Labute approximate surface area is 588 Å². The van der Waals surface area contributed by atoms with Gasteiger partial charge in [0.05, 0.1) is 26.4 Å². The molecule has 19 heteroatoms. The van der Waals surface area contributed by atoms with E-state index >= 15 is 0 Å². The van der Waals surface area contributed by atoms with Crippen LogP contribution in [0.5, 0.6) is 0 Å². The van der Waals surface area contributed by atoms with Crippen molar-refractivity contribution in [3.63, 3.8) is 0 Å². The first kappa shape index (κ1) is 94.1. The third kappa shape index (κ3) is 69.2. The average Bonchev–Trinajstić information content (AvgIpc) is 1.34. The van der Waals surface area contributed by atoms with Crippen LogP contribution in [0.15, 0.2) is 0 Å². The van der Waals surface area contributed by atoms with Gasteiger partial charge < -0.3 is 33.8 Å². The van der Waals surface area contributed by atoms with Crippen molar-refractivity contribution in [2.24, 2.45) is 5.92 Å². The topological polar surface area (TPSA) is 237 Å². The zero-order chi connectivity index (χ0) is 70.5. The first-order valence-electron chi connectivity index (χ1n) is 40.2. The van der Waals surface area contributed by atoms with Crippen LogP contribution in [0.25, 0.3) is 0 Å². The van der Waals surface area contributed by atoms with Gasteiger partial charge in [0.15, 0.2) is 12.2 Å². The lowest BCUT2D eigenvalue weighted by Gasteiger charge is -2.21. The fourth-order valence-corrected chi connectivity index (χ4v) is 13.4. The van der Waals surface area contributed by atoms with Gasteiger partial charge in [-0.3, -0.25) is 37.3 Å². The molecule has 0 fully saturated rings. The number of phosphoric acid groups is 2. The highest BCUT2D eigenvalue weighted by atomic mass is 31.2. The van der Waals surface area contributed by atoms with E-state index in [1.54, 1.807) is 0 Å². The minimum Gasteiger partial charge on any atom is -0.462 e. The summed E-state index contributed by atoms with van der Waals surface area (Å²) >= 11 is 0. The van der Waals surface area contributed by atoms with Crippen molar-refractivity contribution in [2.45, 2.75) is 425 Å². The van der Waals surface area contributed by atoms with Gasteiger partial charge in [-0.2, -0.15) is 0 Å². The number of phosphoric ester groups is 2. The van der Waals surface area contributed by atoms with Gasteiger partial charge in [0, 0.05) is 25.7 Å². The molecule has 0 heterocycles. The second-order valence-electron chi connectivity index (χ2n) is 28.0. The van der Waals surface area contributed by atoms with Crippen molar-refractivity contribution in [3.8, 4) is 0 Å². The Morgan fingerprint density at radius 1 is 0.292 bits per heavy atom. The van der Waals surface area contributed by atoms with E-state index in [2.05, 4.69) is 34.6 Å². The quantitative estimate of drug-likeness (QED) is 0.0222. The normalized spacial score (nSPS) is 14.2. The molecule has 17 nitrogen and oxygen atoms in total. The minimum atomic E-state index is -4.96. The molecule has 0 aromatic heterocycles. The lowest BCUT2D eigenvalue weighted by atomic mass is 9.99. The summed E-state index contributed by atoms with van der Waals surface area (Å²) in [5.74, 6) is -1.27. The summed E-state index contributed by atoms with van der Waals surface area (Å²) in [7, 11) is -9.91. The van der Waals surface area contributed by atoms with Gasteiger partial charge >= 0.3 is 39.5 Å². The number of esters is 4. The second kappa shape index (κ2) is 70.1. The summed E-state index contributed by atoms with van der Waals surface area (Å²) in [6.45, 7) is 7.34. The van der Waals surface area contributed by atoms with Gasteiger partial charge in [-0.25, -0.2) is 9.13 Å². The van der Waals surface area contributed by atoms with Crippen LogP contribution in [-0.2, 0) is 65.4 Å². The molecule has 0 amide bonds. The molecule has 0 aromatic carbocycles. The van der Waals surface area contributed by atoms with Crippen LogP contribution in [0, 0.1) is 5.92 Å². The number of carbonyl (C=O) groups is 4. The van der Waals surface area contributed by atoms with Crippen LogP contribution in [0.4, 0.5) is 0 Å². The number of aliphatic hydroxyl groups is 1. The van der Waals surface area contributed by atoms with E-state index in [1.807, 2.05) is 0 Å². The summed E-state index contributed by atoms with van der Waals surface area (Å²) in [5.41, 5.74) is 0. The number of unbranched alkanes of at least 4 members (excludes halogenated alkanes) is 48. The fourth-order valence-electron chi connectivity index (χ4n) is 11.8. The summed E-state index contributed by atoms with van der Waals surface area (Å²) < 4.78 is 68.5. The van der Waals surface area contributed by atoms with Gasteiger partial charge in [0.25, 0.3) is 0 Å². The Bertz CT molecular complexity index is 1840. The minimum absolute atomic E-state index is 0.108. The summed E-state index contributed by atoms with van der Waals surface area (Å²) in [6.07, 6.45) is 59.5. The van der Waals surface area contributed by atoms with Gasteiger partial charge in [-0.15, -0.1) is 0 Å². The van der Waals surface area contributed by atoms with Crippen molar-refractivity contribution in [1.82, 2.24) is 0 Å². The predicted octanol–water partition coefficient (Wildman–Crippen LogP) is 22.9. The molecule has 0 aromatic rings. The molecule has 3 N–H and O–H groups in total. The van der Waals surface area contributed by atoms with Crippen molar-refractivity contribution >= 4 is 39.5 Å². The van der Waals surface area contributed by atoms with Crippen molar-refractivity contribution < 1.29 is 80.2 Å². The Hall–Kier alpha value is -1.94. The Morgan fingerprint density at radius 2 is 0.500 bits per heavy atom. The molecule has 0 aliphatic carbocycles. The molecule has 0 aliphatic heterocycles. The van der Waals surface area contributed by atoms with Crippen LogP contribution >= 0.6 is 15.6 Å². The molecule has 0 saturated carbocycles. The van der Waals surface area contributed by atoms with Crippen LogP contribution < -0.4 is 0 Å². The van der Waals surface area contributed by atoms with Crippen LogP contribution in [0.2, 0.25) is 0 Å². The van der Waals surface area contributed by atoms with Crippen LogP contribution in [0.1, 0.15) is 407 Å². The summed E-state index contributed by atoms with van der Waals surface area (Å²) in [6, 6.07) is 0. The number of ether oxygens (including phenoxy) is 4. The van der Waals surface area contributed by atoms with E-state index < -0.39 is 97.5 Å². The van der Waals surface area contributed by atoms with E-state index in [1.165, 1.54) is 225 Å². The van der Waals surface area contributed by atoms with E-state index in [-0.39, 0.29) is 25.7 Å². The third-order valence-electron chi connectivity index (χ3n) is 18.4. The Morgan fingerprint density at radius 3 is 0.740 bits per heavy atom. The van der Waals surface area contributed by atoms with Crippen molar-refractivity contribution in [2.75, 3.05) is 39.6 Å². The van der Waals surface area contributed by atoms with Gasteiger partial charge in [-0.1, -0.05) is 356 Å². The lowest BCUT2D eigenvalue weighted by molar-refractivity contribution is -0.161. The average molecular weight is 1410 g/mol. The molecular weight excluding hydrogens is 1260 g/mol. The number of aliphatic hydroxyl groups excluding tert-OH is 1. The first-order chi connectivity index (χ1) is 46.6. The molecule has 0 spiro atoms. The molecule has 0 rings (SSSR count). The van der Waals surface area contributed by atoms with E-state index in [4.69, 9.17) is 37.0 Å². The molecule has 570 valence electrons. The smallest absolute Gasteiger partial charge is 0.462 e. The zero-order valence-electron chi connectivity index (χ0n) is 62.5. The molecule has 0 aliphatic rings. The number of carbonyl (C=O) groups excluding carboxylic acids is 4. The van der Waals surface area contributed by atoms with Gasteiger partial charge in [0.1, 0.15) is 19.3 Å². The van der Waals surface area contributed by atoms with E-state index in [0.717, 1.165) is 102 Å². The number of hydrogen-bond acceptors (Lipinski definition) is 15. The molecule has 0 bridgehead atoms. The standard InChI is InChI=1S/C77H150O17P2/c1-6-10-13-16-19-22-24-26-28-29-34-37-41-46-51-56-61-75(80)88-67-73(94-77(82)63-58-53-48-43-39-35-31-30-32-36-40-44-49-54-59-70(5)9-4)69-92-96(85,86)90-65-71(78)64-89-95(83,84)91-68-72(66-87-74(79)60-55-50-45-21-18-15-12-8-3)93-76(81)62-57-52-47-42-38-33-27-25-23-20-17-14-11-7-2/h70-73,78H,6-69H2,1-5H3,(H,83,84)(H,85,86)/t70?,71-,72+,73+/m0/s1. The summed E-state index contributed by atoms with van der Waals surface area (Å²) in [5, 5.41) is 10.6. The van der Waals surface area contributed by atoms with Crippen LogP contribution in [-0.4, -0.2) is 96.7 Å². The Kier molecular flexibility index (Phi) is 68.7. The maximum Gasteiger partial charge on any atom is 0.472 e. The summed E-state index contributed by atoms with van der Waals surface area (Å²) in [4.78, 5) is 72.8. The monoisotopic (exact) mass is 1410 g/mol. The largest absolute Gasteiger partial charge is 0.472 e. The highest BCUT2D eigenvalue weighted by Crippen LogP contribution is 2.45. The van der Waals surface area contributed by atoms with E-state index in [9.17, 15) is 43.2 Å². The van der Waals surface area contributed by atoms with Gasteiger partial charge in [0.2, 0.25) is 0 Å². The van der Waals surface area contributed by atoms with Crippen molar-refractivity contribution in [3.05, 3.63) is 0 Å². The highest BCUT2D eigenvalue weighted by molar-refractivity contribution is 7.47. The molecule has 0 radical (unpaired) electrons. The molecular formula is C77H150O17P2. The SMILES string of the molecule is CCCCCCCCCCCCCCCCCCC(=O)OC[C@H](COP(=O)(O)OC[C@@H](O)COP(=O)(O)OC[C@@H](COC(=O)CCCCCCCCCC)OC(=O)CCCCCCCCCCCCCCCC)OC(=O)CCCCCCCCCCCCCCCCC(C)CC. The maximum absolute atomic E-state index is 13.1. The molecule has 0 saturated heterocycles. The third-order valence-corrected chi connectivity index (χ3v) is 20.3. The molecule has 96 heavy (non-hydrogen) atoms. The number of hydrogen-bond donors (Lipinski definition) is 3. The highest BCUT2D eigenvalue weighted by Gasteiger charge is 2.30. The molecule has 3 unspecified atom stereocenters. The Balaban J connectivity index is 5.21. The maximum atomic E-state index is 13.1. The zero-order valence-corrected chi connectivity index (χ0v) is 64.3. The number of rotatable bonds is 77. The molecule has 6 atom stereocenters. The second-order valence-corrected chi connectivity index (χ2v) is 30.9. The first-order valence-corrected chi connectivity index (χ1v) is 43.2. The van der Waals surface area contributed by atoms with E-state index in [0.29, 0.717) is 25.7 Å². The van der Waals surface area contributed by atoms with Crippen LogP contribution in [0.3, 0.4) is 0 Å². The lowest BCUT2D eigenvalue weighted by Crippen LogP contribution is -2.30.